The van der Waals surface area contributed by atoms with Gasteiger partial charge in [-0.2, -0.15) is 5.26 Å². The molecule has 2 aromatic rings. The van der Waals surface area contributed by atoms with E-state index < -0.39 is 0 Å². The molecule has 2 heterocycles. The van der Waals surface area contributed by atoms with Gasteiger partial charge in [-0.05, 0) is 55.5 Å². The molecule has 1 fully saturated rings. The van der Waals surface area contributed by atoms with E-state index in [0.29, 0.717) is 40.5 Å². The van der Waals surface area contributed by atoms with Crippen LogP contribution in [0.1, 0.15) is 42.7 Å². The van der Waals surface area contributed by atoms with E-state index >= 15 is 0 Å². The van der Waals surface area contributed by atoms with E-state index in [9.17, 15) is 5.26 Å². The molecular formula is C27H32N2O5. The van der Waals surface area contributed by atoms with Gasteiger partial charge in [-0.25, -0.2) is 0 Å². The summed E-state index contributed by atoms with van der Waals surface area (Å²) in [6.45, 7) is 0.880. The predicted molar refractivity (Wildman–Crippen MR) is 130 cm³/mol. The molecule has 2 aliphatic heterocycles. The fourth-order valence-corrected chi connectivity index (χ4v) is 5.38. The van der Waals surface area contributed by atoms with E-state index in [-0.39, 0.29) is 5.92 Å². The van der Waals surface area contributed by atoms with Gasteiger partial charge in [0.1, 0.15) is 11.8 Å². The number of methoxy groups -OCH3 is 5. The van der Waals surface area contributed by atoms with Crippen LogP contribution in [0.3, 0.4) is 0 Å². The van der Waals surface area contributed by atoms with Crippen LogP contribution in [0.15, 0.2) is 36.0 Å². The normalized spacial score (nSPS) is 19.7. The van der Waals surface area contributed by atoms with E-state index in [4.69, 9.17) is 23.7 Å². The van der Waals surface area contributed by atoms with Crippen molar-refractivity contribution in [1.29, 1.82) is 5.26 Å². The molecule has 7 heteroatoms. The summed E-state index contributed by atoms with van der Waals surface area (Å²) in [6.07, 6.45) is 4.23. The summed E-state index contributed by atoms with van der Waals surface area (Å²) in [7, 11) is 8.08. The summed E-state index contributed by atoms with van der Waals surface area (Å²) in [5.41, 5.74) is 3.54. The molecular weight excluding hydrogens is 432 g/mol. The van der Waals surface area contributed by atoms with Gasteiger partial charge in [0.25, 0.3) is 0 Å². The Labute approximate surface area is 201 Å². The van der Waals surface area contributed by atoms with E-state index in [1.807, 2.05) is 24.3 Å². The van der Waals surface area contributed by atoms with Crippen molar-refractivity contribution >= 4 is 5.57 Å². The number of benzene rings is 2. The summed E-state index contributed by atoms with van der Waals surface area (Å²) >= 11 is 0. The molecule has 0 amide bonds. The first-order valence-corrected chi connectivity index (χ1v) is 11.5. The second-order valence-electron chi connectivity index (χ2n) is 8.50. The van der Waals surface area contributed by atoms with E-state index in [1.54, 1.807) is 35.5 Å². The molecule has 2 aromatic carbocycles. The molecule has 1 saturated heterocycles. The van der Waals surface area contributed by atoms with Gasteiger partial charge in [0, 0.05) is 29.6 Å². The minimum atomic E-state index is -0.0270. The fourth-order valence-electron chi connectivity index (χ4n) is 5.38. The second-order valence-corrected chi connectivity index (χ2v) is 8.50. The van der Waals surface area contributed by atoms with E-state index in [0.717, 1.165) is 42.5 Å². The largest absolute Gasteiger partial charge is 0.493 e. The zero-order valence-corrected chi connectivity index (χ0v) is 20.5. The average Bonchev–Trinajstić information content (AvgIpc) is 2.90. The highest BCUT2D eigenvalue weighted by Crippen LogP contribution is 2.52. The molecule has 0 unspecified atom stereocenters. The van der Waals surface area contributed by atoms with Gasteiger partial charge in [-0.3, -0.25) is 0 Å². The molecule has 2 atom stereocenters. The first-order valence-electron chi connectivity index (χ1n) is 11.5. The number of piperidine rings is 1. The monoisotopic (exact) mass is 464 g/mol. The maximum atomic E-state index is 10.4. The minimum Gasteiger partial charge on any atom is -0.493 e. The highest BCUT2D eigenvalue weighted by molar-refractivity contribution is 5.83. The fraction of sp³-hybridized carbons (Fsp3) is 0.444. The lowest BCUT2D eigenvalue weighted by Gasteiger charge is -2.45. The predicted octanol–water partition coefficient (Wildman–Crippen LogP) is 5.01. The van der Waals surface area contributed by atoms with Crippen LogP contribution in [-0.4, -0.2) is 53.0 Å². The van der Waals surface area contributed by atoms with Crippen LogP contribution in [-0.2, 0) is 0 Å². The maximum Gasteiger partial charge on any atom is 0.203 e. The number of nitriles is 1. The molecule has 4 rings (SSSR count). The zero-order chi connectivity index (χ0) is 24.2. The highest BCUT2D eigenvalue weighted by atomic mass is 16.5. The van der Waals surface area contributed by atoms with Crippen LogP contribution in [0.5, 0.6) is 28.7 Å². The van der Waals surface area contributed by atoms with Gasteiger partial charge < -0.3 is 28.6 Å². The third kappa shape index (κ3) is 3.98. The lowest BCUT2D eigenvalue weighted by atomic mass is 9.75. The molecule has 0 spiro atoms. The Morgan fingerprint density at radius 2 is 1.53 bits per heavy atom. The second kappa shape index (κ2) is 10.2. The summed E-state index contributed by atoms with van der Waals surface area (Å²) in [5, 5.41) is 10.4. The van der Waals surface area contributed by atoms with Gasteiger partial charge in [-0.15, -0.1) is 0 Å². The smallest absolute Gasteiger partial charge is 0.203 e. The summed E-state index contributed by atoms with van der Waals surface area (Å²) < 4.78 is 28.1. The van der Waals surface area contributed by atoms with Crippen molar-refractivity contribution < 1.29 is 23.7 Å². The zero-order valence-electron chi connectivity index (χ0n) is 20.5. The number of hydrogen-bond donors (Lipinski definition) is 0. The van der Waals surface area contributed by atoms with Crippen molar-refractivity contribution in [3.05, 3.63) is 47.2 Å². The molecule has 180 valence electrons. The van der Waals surface area contributed by atoms with Crippen molar-refractivity contribution in [2.24, 2.45) is 0 Å². The Balaban J connectivity index is 1.98. The van der Waals surface area contributed by atoms with E-state index in [2.05, 4.69) is 17.0 Å². The van der Waals surface area contributed by atoms with Crippen LogP contribution in [0.4, 0.5) is 0 Å². The van der Waals surface area contributed by atoms with Gasteiger partial charge in [0.15, 0.2) is 23.0 Å². The van der Waals surface area contributed by atoms with Crippen molar-refractivity contribution in [2.75, 3.05) is 42.1 Å². The van der Waals surface area contributed by atoms with Crippen LogP contribution in [0, 0.1) is 11.3 Å². The van der Waals surface area contributed by atoms with Gasteiger partial charge in [0.05, 0.1) is 35.5 Å². The minimum absolute atomic E-state index is 0.0270. The van der Waals surface area contributed by atoms with Crippen molar-refractivity contribution in [3.63, 3.8) is 0 Å². The lowest BCUT2D eigenvalue weighted by Crippen LogP contribution is -2.43. The third-order valence-corrected chi connectivity index (χ3v) is 6.94. The number of allylic oxidation sites excluding steroid dienone is 2. The number of nitrogens with zero attached hydrogens (tertiary/aromatic N) is 2. The number of ether oxygens (including phenoxy) is 5. The molecule has 0 aromatic heterocycles. The van der Waals surface area contributed by atoms with Gasteiger partial charge >= 0.3 is 0 Å². The molecule has 0 bridgehead atoms. The Morgan fingerprint density at radius 3 is 2.18 bits per heavy atom. The Kier molecular flexibility index (Phi) is 7.06. The topological polar surface area (TPSA) is 73.2 Å². The average molecular weight is 465 g/mol. The third-order valence-electron chi connectivity index (χ3n) is 6.94. The molecule has 0 saturated carbocycles. The van der Waals surface area contributed by atoms with Crippen LogP contribution >= 0.6 is 0 Å². The first kappa shape index (κ1) is 23.6. The maximum absolute atomic E-state index is 10.4. The summed E-state index contributed by atoms with van der Waals surface area (Å²) in [5.74, 6) is 2.97. The van der Waals surface area contributed by atoms with E-state index in [1.165, 1.54) is 6.42 Å². The molecule has 0 aliphatic carbocycles. The molecule has 0 radical (unpaired) electrons. The molecule has 34 heavy (non-hydrogen) atoms. The quantitative estimate of drug-likeness (QED) is 0.570. The standard InChI is InChI=1S/C27H32N2O5/c1-30-22-11-9-17(14-24(22)32-3)20-15-18-8-6-7-13-29(18)21(16-28)25(20)19-10-12-23(31-2)27(34-5)26(19)33-4/h9-12,14,18,20H,6-8,13,15H2,1-5H3/t18-,20-/m0/s1. The Bertz CT molecular complexity index is 1120. The molecule has 0 N–H and O–H groups in total. The molecule has 7 nitrogen and oxygen atoms in total. The van der Waals surface area contributed by atoms with Crippen molar-refractivity contribution in [1.82, 2.24) is 4.90 Å². The van der Waals surface area contributed by atoms with Crippen molar-refractivity contribution in [2.45, 2.75) is 37.6 Å². The van der Waals surface area contributed by atoms with Crippen LogP contribution in [0.25, 0.3) is 5.57 Å². The lowest BCUT2D eigenvalue weighted by molar-refractivity contribution is 0.177. The number of hydrogen-bond acceptors (Lipinski definition) is 7. The first-order chi connectivity index (χ1) is 16.6. The van der Waals surface area contributed by atoms with Gasteiger partial charge in [-0.1, -0.05) is 6.07 Å². The molecule has 2 aliphatic rings. The summed E-state index contributed by atoms with van der Waals surface area (Å²) in [6, 6.07) is 12.7. The summed E-state index contributed by atoms with van der Waals surface area (Å²) in [4.78, 5) is 2.28. The Hall–Kier alpha value is -3.53. The van der Waals surface area contributed by atoms with Crippen LogP contribution < -0.4 is 23.7 Å². The van der Waals surface area contributed by atoms with Crippen molar-refractivity contribution in [3.8, 4) is 34.8 Å². The van der Waals surface area contributed by atoms with Gasteiger partial charge in [0.2, 0.25) is 5.75 Å². The number of rotatable bonds is 7. The Morgan fingerprint density at radius 1 is 0.824 bits per heavy atom. The number of fused-ring (bicyclic) bond motifs is 1. The SMILES string of the molecule is COc1ccc([C@@H]2C[C@@H]3CCCCN3C(C#N)=C2c2ccc(OC)c(OC)c2OC)cc1OC. The highest BCUT2D eigenvalue weighted by Gasteiger charge is 2.39. The van der Waals surface area contributed by atoms with Crippen LogP contribution in [0.2, 0.25) is 0 Å².